The van der Waals surface area contributed by atoms with Crippen molar-refractivity contribution in [3.8, 4) is 0 Å². The van der Waals surface area contributed by atoms with E-state index in [0.717, 1.165) is 4.88 Å². The van der Waals surface area contributed by atoms with Gasteiger partial charge in [-0.2, -0.15) is 13.2 Å². The van der Waals surface area contributed by atoms with Gasteiger partial charge >= 0.3 is 12.1 Å². The van der Waals surface area contributed by atoms with Crippen LogP contribution < -0.4 is 5.32 Å². The van der Waals surface area contributed by atoms with Gasteiger partial charge in [-0.3, -0.25) is 4.79 Å². The number of nitrogens with one attached hydrogen (secondary N) is 1. The summed E-state index contributed by atoms with van der Waals surface area (Å²) in [5.74, 6) is -4.29. The Bertz CT molecular complexity index is 422. The molecule has 102 valence electrons. The van der Waals surface area contributed by atoms with Crippen molar-refractivity contribution in [1.82, 2.24) is 5.32 Å². The van der Waals surface area contributed by atoms with Crippen LogP contribution in [-0.4, -0.2) is 23.8 Å². The average molecular weight is 302 g/mol. The van der Waals surface area contributed by atoms with Crippen molar-refractivity contribution < 1.29 is 23.1 Å². The SMILES string of the molecule is CC(NCC(C(=O)O)C(F)(F)F)c1ccc(Cl)s1. The molecule has 1 aromatic rings. The van der Waals surface area contributed by atoms with Crippen molar-refractivity contribution in [3.63, 3.8) is 0 Å². The molecule has 0 saturated heterocycles. The third kappa shape index (κ3) is 4.15. The third-order valence-corrected chi connectivity index (χ3v) is 3.76. The highest BCUT2D eigenvalue weighted by atomic mass is 35.5. The smallest absolute Gasteiger partial charge is 0.403 e. The lowest BCUT2D eigenvalue weighted by molar-refractivity contribution is -0.192. The number of rotatable bonds is 5. The number of halogens is 4. The Morgan fingerprint density at radius 2 is 2.17 bits per heavy atom. The summed E-state index contributed by atoms with van der Waals surface area (Å²) in [7, 11) is 0. The van der Waals surface area contributed by atoms with Crippen LogP contribution in [0.25, 0.3) is 0 Å². The van der Waals surface area contributed by atoms with E-state index in [-0.39, 0.29) is 6.04 Å². The Morgan fingerprint density at radius 1 is 1.56 bits per heavy atom. The van der Waals surface area contributed by atoms with E-state index >= 15 is 0 Å². The summed E-state index contributed by atoms with van der Waals surface area (Å²) in [5.41, 5.74) is 0. The molecule has 18 heavy (non-hydrogen) atoms. The summed E-state index contributed by atoms with van der Waals surface area (Å²) in [6.07, 6.45) is -4.76. The van der Waals surface area contributed by atoms with Crippen molar-refractivity contribution >= 4 is 28.9 Å². The monoisotopic (exact) mass is 301 g/mol. The first-order valence-electron chi connectivity index (χ1n) is 5.00. The van der Waals surface area contributed by atoms with Gasteiger partial charge in [-0.25, -0.2) is 0 Å². The quantitative estimate of drug-likeness (QED) is 0.877. The zero-order valence-corrected chi connectivity index (χ0v) is 10.9. The summed E-state index contributed by atoms with van der Waals surface area (Å²) in [6.45, 7) is 0.979. The first-order valence-corrected chi connectivity index (χ1v) is 6.19. The normalized spacial score (nSPS) is 15.4. The Labute approximate surface area is 111 Å². The maximum Gasteiger partial charge on any atom is 0.403 e. The number of carboxylic acid groups (broad SMARTS) is 1. The Kier molecular flexibility index (Phi) is 5.01. The molecule has 0 saturated carbocycles. The molecule has 3 nitrogen and oxygen atoms in total. The van der Waals surface area contributed by atoms with Crippen LogP contribution in [0.5, 0.6) is 0 Å². The summed E-state index contributed by atoms with van der Waals surface area (Å²) in [5, 5.41) is 11.1. The number of hydrogen-bond acceptors (Lipinski definition) is 3. The predicted octanol–water partition coefficient (Wildman–Crippen LogP) is 3.32. The molecular weight excluding hydrogens is 291 g/mol. The van der Waals surface area contributed by atoms with Gasteiger partial charge in [0.15, 0.2) is 5.92 Å². The van der Waals surface area contributed by atoms with E-state index in [1.165, 1.54) is 11.3 Å². The summed E-state index contributed by atoms with van der Waals surface area (Å²) >= 11 is 6.94. The molecule has 2 unspecified atom stereocenters. The number of carbonyl (C=O) groups is 1. The van der Waals surface area contributed by atoms with Crippen molar-refractivity contribution in [2.24, 2.45) is 5.92 Å². The highest BCUT2D eigenvalue weighted by Crippen LogP contribution is 2.29. The van der Waals surface area contributed by atoms with Crippen molar-refractivity contribution in [2.45, 2.75) is 19.1 Å². The van der Waals surface area contributed by atoms with E-state index in [9.17, 15) is 18.0 Å². The molecule has 0 fully saturated rings. The van der Waals surface area contributed by atoms with Gasteiger partial charge in [0.1, 0.15) is 0 Å². The van der Waals surface area contributed by atoms with Crippen molar-refractivity contribution in [3.05, 3.63) is 21.3 Å². The maximum absolute atomic E-state index is 12.4. The second kappa shape index (κ2) is 5.90. The predicted molar refractivity (Wildman–Crippen MR) is 62.9 cm³/mol. The van der Waals surface area contributed by atoms with E-state index in [1.54, 1.807) is 19.1 Å². The minimum Gasteiger partial charge on any atom is -0.481 e. The molecule has 8 heteroatoms. The third-order valence-electron chi connectivity index (χ3n) is 2.34. The van der Waals surface area contributed by atoms with E-state index in [4.69, 9.17) is 16.7 Å². The second-order valence-electron chi connectivity index (χ2n) is 3.70. The molecule has 0 aliphatic rings. The zero-order valence-electron chi connectivity index (χ0n) is 9.29. The number of hydrogen-bond donors (Lipinski definition) is 2. The van der Waals surface area contributed by atoms with E-state index in [1.807, 2.05) is 0 Å². The van der Waals surface area contributed by atoms with E-state index in [0.29, 0.717) is 4.34 Å². The van der Waals surface area contributed by atoms with Crippen LogP contribution in [0.1, 0.15) is 17.8 Å². The Hall–Kier alpha value is -0.790. The number of carboxylic acids is 1. The largest absolute Gasteiger partial charge is 0.481 e. The lowest BCUT2D eigenvalue weighted by atomic mass is 10.1. The Morgan fingerprint density at radius 3 is 2.56 bits per heavy atom. The highest BCUT2D eigenvalue weighted by molar-refractivity contribution is 7.16. The molecule has 1 heterocycles. The van der Waals surface area contributed by atoms with Crippen LogP contribution in [0.2, 0.25) is 4.34 Å². The first kappa shape index (κ1) is 15.3. The van der Waals surface area contributed by atoms with Crippen LogP contribution in [0.4, 0.5) is 13.2 Å². The molecule has 1 aromatic heterocycles. The molecule has 1 rings (SSSR count). The van der Waals surface area contributed by atoms with Crippen LogP contribution in [0.3, 0.4) is 0 Å². The molecule has 0 radical (unpaired) electrons. The fourth-order valence-corrected chi connectivity index (χ4v) is 2.39. The fraction of sp³-hybridized carbons (Fsp3) is 0.500. The number of thiophene rings is 1. The molecule has 2 N–H and O–H groups in total. The zero-order chi connectivity index (χ0) is 13.9. The molecule has 0 amide bonds. The molecule has 2 atom stereocenters. The second-order valence-corrected chi connectivity index (χ2v) is 5.45. The summed E-state index contributed by atoms with van der Waals surface area (Å²) in [6, 6.07) is 2.94. The minimum atomic E-state index is -4.76. The molecule has 0 aliphatic carbocycles. The molecule has 0 spiro atoms. The number of alkyl halides is 3. The summed E-state index contributed by atoms with van der Waals surface area (Å²) < 4.78 is 37.7. The van der Waals surface area contributed by atoms with Gasteiger partial charge in [0, 0.05) is 17.5 Å². The van der Waals surface area contributed by atoms with Gasteiger partial charge in [0.05, 0.1) is 4.34 Å². The molecule has 0 aromatic carbocycles. The van der Waals surface area contributed by atoms with Crippen LogP contribution in [-0.2, 0) is 4.79 Å². The Balaban J connectivity index is 2.60. The lowest BCUT2D eigenvalue weighted by Gasteiger charge is -2.19. The first-order chi connectivity index (χ1) is 8.21. The van der Waals surface area contributed by atoms with Crippen LogP contribution in [0, 0.1) is 5.92 Å². The minimum absolute atomic E-state index is 0.383. The van der Waals surface area contributed by atoms with Gasteiger partial charge in [0.25, 0.3) is 0 Å². The number of aliphatic carboxylic acids is 1. The van der Waals surface area contributed by atoms with Crippen LogP contribution in [0.15, 0.2) is 12.1 Å². The highest BCUT2D eigenvalue weighted by Gasteiger charge is 2.44. The van der Waals surface area contributed by atoms with Gasteiger partial charge in [0.2, 0.25) is 0 Å². The van der Waals surface area contributed by atoms with E-state index < -0.39 is 24.6 Å². The molecule has 0 bridgehead atoms. The average Bonchev–Trinajstić information content (AvgIpc) is 2.62. The van der Waals surface area contributed by atoms with Gasteiger partial charge < -0.3 is 10.4 Å². The van der Waals surface area contributed by atoms with Crippen LogP contribution >= 0.6 is 22.9 Å². The fourth-order valence-electron chi connectivity index (χ4n) is 1.30. The molecular formula is C10H11ClF3NO2S. The van der Waals surface area contributed by atoms with Gasteiger partial charge in [-0.05, 0) is 19.1 Å². The van der Waals surface area contributed by atoms with E-state index in [2.05, 4.69) is 5.32 Å². The molecule has 0 aliphatic heterocycles. The summed E-state index contributed by atoms with van der Waals surface area (Å²) in [4.78, 5) is 11.3. The van der Waals surface area contributed by atoms with Crippen molar-refractivity contribution in [1.29, 1.82) is 0 Å². The van der Waals surface area contributed by atoms with Crippen molar-refractivity contribution in [2.75, 3.05) is 6.54 Å². The lowest BCUT2D eigenvalue weighted by Crippen LogP contribution is -2.39. The maximum atomic E-state index is 12.4. The topological polar surface area (TPSA) is 49.3 Å². The standard InChI is InChI=1S/C10H11ClF3NO2S/c1-5(7-2-3-8(11)18-7)15-4-6(9(16)17)10(12,13)14/h2-3,5-6,15H,4H2,1H3,(H,16,17). The van der Waals surface area contributed by atoms with Gasteiger partial charge in [-0.1, -0.05) is 11.6 Å². The van der Waals surface area contributed by atoms with Gasteiger partial charge in [-0.15, -0.1) is 11.3 Å².